The van der Waals surface area contributed by atoms with Gasteiger partial charge in [0, 0.05) is 17.8 Å². The van der Waals surface area contributed by atoms with Crippen molar-refractivity contribution in [1.82, 2.24) is 9.47 Å². The molecule has 3 heterocycles. The molecule has 0 aliphatic carbocycles. The van der Waals surface area contributed by atoms with E-state index in [2.05, 4.69) is 24.1 Å². The van der Waals surface area contributed by atoms with Crippen LogP contribution in [0.2, 0.25) is 0 Å². The topological polar surface area (TPSA) is 72.8 Å². The highest BCUT2D eigenvalue weighted by Crippen LogP contribution is 2.33. The van der Waals surface area contributed by atoms with Crippen molar-refractivity contribution in [3.63, 3.8) is 0 Å². The lowest BCUT2D eigenvalue weighted by Gasteiger charge is -2.17. The van der Waals surface area contributed by atoms with Crippen LogP contribution in [-0.2, 0) is 11.3 Å². The Labute approximate surface area is 207 Å². The summed E-state index contributed by atoms with van der Waals surface area (Å²) in [4.78, 5) is 29.0. The third-order valence-corrected chi connectivity index (χ3v) is 7.62. The molecule has 0 bridgehead atoms. The second kappa shape index (κ2) is 9.71. The number of amides is 1. The first-order valence-corrected chi connectivity index (χ1v) is 12.8. The zero-order valence-electron chi connectivity index (χ0n) is 20.2. The van der Waals surface area contributed by atoms with Crippen LogP contribution in [0.4, 0.5) is 5.69 Å². The molecule has 0 spiro atoms. The van der Waals surface area contributed by atoms with E-state index in [1.54, 1.807) is 4.57 Å². The summed E-state index contributed by atoms with van der Waals surface area (Å²) in [5, 5.41) is 2.97. The maximum absolute atomic E-state index is 13.6. The molecule has 2 aromatic carbocycles. The van der Waals surface area contributed by atoms with Crippen LogP contribution >= 0.6 is 11.3 Å². The van der Waals surface area contributed by atoms with Gasteiger partial charge < -0.3 is 19.7 Å². The van der Waals surface area contributed by atoms with E-state index in [1.165, 1.54) is 11.3 Å². The number of hydrogen-bond acceptors (Lipinski definition) is 6. The van der Waals surface area contributed by atoms with Gasteiger partial charge in [-0.3, -0.25) is 14.2 Å². The van der Waals surface area contributed by atoms with Crippen molar-refractivity contribution in [2.75, 3.05) is 31.7 Å². The SMILES string of the molecule is CCN(CC)CCCn1c(=O)c(=Cc2ccc3c(c2)OCO3)s/c1=C1\C(=O)Nc2ccc(C)cc21. The molecule has 0 saturated carbocycles. The average Bonchev–Trinajstić information content (AvgIpc) is 3.52. The van der Waals surface area contributed by atoms with Crippen molar-refractivity contribution in [2.45, 2.75) is 33.7 Å². The van der Waals surface area contributed by atoms with Gasteiger partial charge in [-0.05, 0) is 68.9 Å². The van der Waals surface area contributed by atoms with Crippen molar-refractivity contribution < 1.29 is 14.3 Å². The lowest BCUT2D eigenvalue weighted by molar-refractivity contribution is -0.110. The Balaban J connectivity index is 1.65. The predicted octanol–water partition coefficient (Wildman–Crippen LogP) is 2.66. The summed E-state index contributed by atoms with van der Waals surface area (Å²) >= 11 is 1.37. The Morgan fingerprint density at radius 2 is 1.89 bits per heavy atom. The van der Waals surface area contributed by atoms with Gasteiger partial charge in [-0.25, -0.2) is 0 Å². The van der Waals surface area contributed by atoms with Crippen LogP contribution in [0.15, 0.2) is 41.2 Å². The number of nitrogens with one attached hydrogen (secondary N) is 1. The molecule has 1 N–H and O–H groups in total. The van der Waals surface area contributed by atoms with Crippen molar-refractivity contribution in [2.24, 2.45) is 0 Å². The molecule has 0 atom stereocenters. The molecule has 0 fully saturated rings. The fourth-order valence-corrected chi connectivity index (χ4v) is 5.74. The number of benzene rings is 2. The minimum atomic E-state index is -0.168. The first-order valence-electron chi connectivity index (χ1n) is 12.0. The Hall–Kier alpha value is -3.36. The summed E-state index contributed by atoms with van der Waals surface area (Å²) in [6.07, 6.45) is 2.69. The quantitative estimate of drug-likeness (QED) is 0.550. The first-order chi connectivity index (χ1) is 17.0. The fourth-order valence-electron chi connectivity index (χ4n) is 4.55. The number of ether oxygens (including phenoxy) is 2. The minimum absolute atomic E-state index is 0.0800. The van der Waals surface area contributed by atoms with Crippen LogP contribution < -0.4 is 29.5 Å². The molecule has 2 aliphatic heterocycles. The van der Waals surface area contributed by atoms with E-state index >= 15 is 0 Å². The van der Waals surface area contributed by atoms with E-state index in [4.69, 9.17) is 9.47 Å². The second-order valence-corrected chi connectivity index (χ2v) is 9.77. The van der Waals surface area contributed by atoms with E-state index in [-0.39, 0.29) is 18.3 Å². The number of nitrogens with zero attached hydrogens (tertiary/aromatic N) is 2. The maximum atomic E-state index is 13.6. The molecule has 35 heavy (non-hydrogen) atoms. The van der Waals surface area contributed by atoms with Crippen molar-refractivity contribution in [3.05, 3.63) is 72.6 Å². The van der Waals surface area contributed by atoms with E-state index < -0.39 is 0 Å². The number of rotatable bonds is 7. The summed E-state index contributed by atoms with van der Waals surface area (Å²) in [7, 11) is 0. The van der Waals surface area contributed by atoms with Crippen LogP contribution in [0, 0.1) is 6.92 Å². The normalized spacial score (nSPS) is 16.2. The molecule has 3 aromatic rings. The van der Waals surface area contributed by atoms with Gasteiger partial charge in [0.1, 0.15) is 4.66 Å². The number of aromatic nitrogens is 1. The van der Waals surface area contributed by atoms with Gasteiger partial charge in [-0.2, -0.15) is 0 Å². The molecule has 0 unspecified atom stereocenters. The smallest absolute Gasteiger partial charge is 0.269 e. The number of thiazole rings is 1. The standard InChI is InChI=1S/C27H29N3O4S/c1-4-29(5-2)11-6-12-30-26(32)23(15-18-8-10-21-22(14-18)34-16-33-21)35-27(30)24-19-13-17(3)7-9-20(19)28-25(24)31/h7-10,13-15H,4-6,11-12,16H2,1-3H3,(H,28,31)/b23-15?,27-24-. The Morgan fingerprint density at radius 3 is 2.69 bits per heavy atom. The summed E-state index contributed by atoms with van der Waals surface area (Å²) in [5.41, 5.74) is 4.04. The number of hydrogen-bond donors (Lipinski definition) is 1. The molecular weight excluding hydrogens is 462 g/mol. The van der Waals surface area contributed by atoms with Crippen molar-refractivity contribution in [3.8, 4) is 11.5 Å². The lowest BCUT2D eigenvalue weighted by atomic mass is 10.1. The molecule has 0 saturated heterocycles. The van der Waals surface area contributed by atoms with Gasteiger partial charge in [0.2, 0.25) is 6.79 Å². The second-order valence-electron chi connectivity index (χ2n) is 8.74. The molecule has 1 amide bonds. The molecule has 2 aliphatic rings. The van der Waals surface area contributed by atoms with Gasteiger partial charge in [0.05, 0.1) is 10.1 Å². The lowest BCUT2D eigenvalue weighted by Crippen LogP contribution is -2.34. The van der Waals surface area contributed by atoms with Crippen molar-refractivity contribution in [1.29, 1.82) is 0 Å². The third kappa shape index (κ3) is 4.51. The van der Waals surface area contributed by atoms with Crippen LogP contribution in [0.1, 0.15) is 37.0 Å². The van der Waals surface area contributed by atoms with Crippen molar-refractivity contribution >= 4 is 34.6 Å². The van der Waals surface area contributed by atoms with Crippen LogP contribution in [0.3, 0.4) is 0 Å². The predicted molar refractivity (Wildman–Crippen MR) is 139 cm³/mol. The van der Waals surface area contributed by atoms with E-state index in [1.807, 2.05) is 49.4 Å². The van der Waals surface area contributed by atoms with Crippen LogP contribution in [0.5, 0.6) is 11.5 Å². The minimum Gasteiger partial charge on any atom is -0.454 e. The van der Waals surface area contributed by atoms with Crippen LogP contribution in [0.25, 0.3) is 11.6 Å². The van der Waals surface area contributed by atoms with Gasteiger partial charge in [-0.15, -0.1) is 11.3 Å². The molecule has 182 valence electrons. The number of aryl methyl sites for hydroxylation is 1. The first kappa shape index (κ1) is 23.4. The molecule has 8 heteroatoms. The highest BCUT2D eigenvalue weighted by atomic mass is 32.1. The number of carbonyl (C=O) groups excluding carboxylic acids is 1. The molecular formula is C27H29N3O4S. The average molecular weight is 492 g/mol. The number of fused-ring (bicyclic) bond motifs is 2. The van der Waals surface area contributed by atoms with E-state index in [0.29, 0.717) is 32.8 Å². The molecule has 1 aromatic heterocycles. The zero-order chi connectivity index (χ0) is 24.5. The summed E-state index contributed by atoms with van der Waals surface area (Å²) in [6.45, 7) is 9.87. The largest absolute Gasteiger partial charge is 0.454 e. The number of carbonyl (C=O) groups is 1. The zero-order valence-corrected chi connectivity index (χ0v) is 21.0. The van der Waals surface area contributed by atoms with Gasteiger partial charge in [0.25, 0.3) is 11.5 Å². The summed E-state index contributed by atoms with van der Waals surface area (Å²) < 4.78 is 14.0. The highest BCUT2D eigenvalue weighted by molar-refractivity contribution is 7.07. The van der Waals surface area contributed by atoms with Gasteiger partial charge in [0.15, 0.2) is 11.5 Å². The molecule has 7 nitrogen and oxygen atoms in total. The number of anilines is 1. The Kier molecular flexibility index (Phi) is 6.49. The summed E-state index contributed by atoms with van der Waals surface area (Å²) in [6, 6.07) is 11.5. The molecule has 0 radical (unpaired) electrons. The third-order valence-electron chi connectivity index (χ3n) is 6.49. The van der Waals surface area contributed by atoms with Crippen LogP contribution in [-0.4, -0.2) is 41.8 Å². The Morgan fingerprint density at radius 1 is 1.09 bits per heavy atom. The fraction of sp³-hybridized carbons (Fsp3) is 0.333. The maximum Gasteiger partial charge on any atom is 0.269 e. The van der Waals surface area contributed by atoms with E-state index in [9.17, 15) is 9.59 Å². The van der Waals surface area contributed by atoms with E-state index in [0.717, 1.165) is 48.4 Å². The highest BCUT2D eigenvalue weighted by Gasteiger charge is 2.27. The Bertz CT molecular complexity index is 1470. The molecule has 5 rings (SSSR count). The summed E-state index contributed by atoms with van der Waals surface area (Å²) in [5.74, 6) is 1.20. The van der Waals surface area contributed by atoms with Gasteiger partial charge in [-0.1, -0.05) is 31.5 Å². The monoisotopic (exact) mass is 491 g/mol. The van der Waals surface area contributed by atoms with Gasteiger partial charge >= 0.3 is 0 Å².